The molecule has 140 valence electrons. The molecule has 0 saturated carbocycles. The molecular weight excluding hydrogens is 355 g/mol. The van der Waals surface area contributed by atoms with Crippen molar-refractivity contribution in [3.8, 4) is 0 Å². The number of para-hydroxylation sites is 1. The van der Waals surface area contributed by atoms with E-state index in [-0.39, 0.29) is 24.2 Å². The zero-order valence-corrected chi connectivity index (χ0v) is 15.1. The number of hydrogen-bond donors (Lipinski definition) is 1. The van der Waals surface area contributed by atoms with Gasteiger partial charge in [-0.1, -0.05) is 48.5 Å². The molecule has 0 bridgehead atoms. The lowest BCUT2D eigenvalue weighted by atomic mass is 10.1. The fourth-order valence-electron chi connectivity index (χ4n) is 3.48. The van der Waals surface area contributed by atoms with Gasteiger partial charge in [-0.15, -0.1) is 0 Å². The number of carbonyl (C=O) groups is 2. The average molecular weight is 374 g/mol. The molecule has 0 spiro atoms. The van der Waals surface area contributed by atoms with Gasteiger partial charge in [0.1, 0.15) is 11.9 Å². The minimum absolute atomic E-state index is 0.201. The van der Waals surface area contributed by atoms with Crippen LogP contribution in [-0.4, -0.2) is 17.9 Å². The van der Waals surface area contributed by atoms with Gasteiger partial charge in [-0.25, -0.2) is 4.39 Å². The van der Waals surface area contributed by atoms with Crippen LogP contribution in [0, 0.1) is 5.82 Å². The van der Waals surface area contributed by atoms with Crippen LogP contribution in [-0.2, 0) is 17.8 Å². The summed E-state index contributed by atoms with van der Waals surface area (Å²) in [5, 5.41) is 2.88. The predicted molar refractivity (Wildman–Crippen MR) is 105 cm³/mol. The Kier molecular flexibility index (Phi) is 4.89. The second-order valence-electron chi connectivity index (χ2n) is 6.73. The molecule has 1 heterocycles. The van der Waals surface area contributed by atoms with Crippen molar-refractivity contribution in [1.29, 1.82) is 0 Å². The summed E-state index contributed by atoms with van der Waals surface area (Å²) in [5.41, 5.74) is 3.06. The Bertz CT molecular complexity index is 1000. The van der Waals surface area contributed by atoms with Crippen LogP contribution in [0.3, 0.4) is 0 Å². The van der Waals surface area contributed by atoms with Gasteiger partial charge in [0.05, 0.1) is 0 Å². The Morgan fingerprint density at radius 1 is 0.929 bits per heavy atom. The van der Waals surface area contributed by atoms with Crippen LogP contribution < -0.4 is 10.2 Å². The SMILES string of the molecule is O=C(NCc1ccc(F)cc1)[C@H]1Cc2ccccc2N1C(=O)c1ccccc1. The van der Waals surface area contributed by atoms with Crippen molar-refractivity contribution in [2.45, 2.75) is 19.0 Å². The van der Waals surface area contributed by atoms with E-state index in [1.54, 1.807) is 41.3 Å². The minimum atomic E-state index is -0.620. The highest BCUT2D eigenvalue weighted by molar-refractivity contribution is 6.11. The molecule has 0 unspecified atom stereocenters. The number of nitrogens with zero attached hydrogens (tertiary/aromatic N) is 1. The maximum Gasteiger partial charge on any atom is 0.259 e. The number of anilines is 1. The normalized spacial score (nSPS) is 15.2. The van der Waals surface area contributed by atoms with Crippen LogP contribution in [0.1, 0.15) is 21.5 Å². The first-order chi connectivity index (χ1) is 13.6. The summed E-state index contributed by atoms with van der Waals surface area (Å²) in [6.07, 6.45) is 0.462. The molecular formula is C23H19FN2O2. The van der Waals surface area contributed by atoms with Crippen LogP contribution in [0.25, 0.3) is 0 Å². The number of halogens is 1. The molecule has 3 aromatic carbocycles. The summed E-state index contributed by atoms with van der Waals surface area (Å²) < 4.78 is 13.1. The molecule has 28 heavy (non-hydrogen) atoms. The lowest BCUT2D eigenvalue weighted by Crippen LogP contribution is -2.48. The fraction of sp³-hybridized carbons (Fsp3) is 0.130. The van der Waals surface area contributed by atoms with Crippen LogP contribution in [0.4, 0.5) is 10.1 Å². The third-order valence-electron chi connectivity index (χ3n) is 4.90. The average Bonchev–Trinajstić information content (AvgIpc) is 3.13. The lowest BCUT2D eigenvalue weighted by molar-refractivity contribution is -0.122. The molecule has 0 aliphatic carbocycles. The van der Waals surface area contributed by atoms with Crippen LogP contribution >= 0.6 is 0 Å². The van der Waals surface area contributed by atoms with E-state index in [1.165, 1.54) is 12.1 Å². The van der Waals surface area contributed by atoms with Crippen LogP contribution in [0.15, 0.2) is 78.9 Å². The first kappa shape index (κ1) is 17.9. The Labute approximate surface area is 162 Å². The highest BCUT2D eigenvalue weighted by Crippen LogP contribution is 2.33. The number of fused-ring (bicyclic) bond motifs is 1. The Morgan fingerprint density at radius 2 is 1.61 bits per heavy atom. The molecule has 1 atom stereocenters. The van der Waals surface area contributed by atoms with Gasteiger partial charge in [-0.2, -0.15) is 0 Å². The Morgan fingerprint density at radius 3 is 2.36 bits per heavy atom. The van der Waals surface area contributed by atoms with E-state index in [1.807, 2.05) is 30.3 Å². The molecule has 0 aromatic heterocycles. The molecule has 0 fully saturated rings. The smallest absolute Gasteiger partial charge is 0.259 e. The van der Waals surface area contributed by atoms with Crippen molar-refractivity contribution in [1.82, 2.24) is 5.32 Å². The minimum Gasteiger partial charge on any atom is -0.350 e. The number of benzene rings is 3. The fourth-order valence-corrected chi connectivity index (χ4v) is 3.48. The largest absolute Gasteiger partial charge is 0.350 e. The van der Waals surface area contributed by atoms with Crippen molar-refractivity contribution in [3.05, 3.63) is 101 Å². The second kappa shape index (κ2) is 7.64. The van der Waals surface area contributed by atoms with E-state index < -0.39 is 6.04 Å². The van der Waals surface area contributed by atoms with Crippen molar-refractivity contribution in [2.24, 2.45) is 0 Å². The van der Waals surface area contributed by atoms with Gasteiger partial charge in [0.15, 0.2) is 0 Å². The molecule has 5 heteroatoms. The highest BCUT2D eigenvalue weighted by atomic mass is 19.1. The lowest BCUT2D eigenvalue weighted by Gasteiger charge is -2.25. The summed E-state index contributed by atoms with van der Waals surface area (Å²) >= 11 is 0. The molecule has 0 radical (unpaired) electrons. The van der Waals surface area contributed by atoms with Gasteiger partial charge in [0.2, 0.25) is 5.91 Å². The molecule has 1 aliphatic heterocycles. The standard InChI is InChI=1S/C23H19FN2O2/c24-19-12-10-16(11-13-19)15-25-22(27)21-14-18-8-4-5-9-20(18)26(21)23(28)17-6-2-1-3-7-17/h1-13,21H,14-15H2,(H,25,27)/t21-/m1/s1. The van der Waals surface area contributed by atoms with Gasteiger partial charge in [0.25, 0.3) is 5.91 Å². The Balaban J connectivity index is 1.57. The van der Waals surface area contributed by atoms with E-state index in [9.17, 15) is 14.0 Å². The van der Waals surface area contributed by atoms with E-state index in [4.69, 9.17) is 0 Å². The summed E-state index contributed by atoms with van der Waals surface area (Å²) in [6, 6.07) is 21.9. The van der Waals surface area contributed by atoms with Crippen molar-refractivity contribution in [3.63, 3.8) is 0 Å². The molecule has 4 rings (SSSR count). The highest BCUT2D eigenvalue weighted by Gasteiger charge is 2.38. The molecule has 4 nitrogen and oxygen atoms in total. The third kappa shape index (κ3) is 3.51. The number of carbonyl (C=O) groups excluding carboxylic acids is 2. The molecule has 0 saturated heterocycles. The zero-order chi connectivity index (χ0) is 19.5. The molecule has 1 aliphatic rings. The van der Waals surface area contributed by atoms with Crippen molar-refractivity contribution < 1.29 is 14.0 Å². The van der Waals surface area contributed by atoms with Crippen molar-refractivity contribution in [2.75, 3.05) is 4.90 Å². The van der Waals surface area contributed by atoms with E-state index in [0.29, 0.717) is 12.0 Å². The zero-order valence-electron chi connectivity index (χ0n) is 15.1. The summed E-state index contributed by atoms with van der Waals surface area (Å²) in [4.78, 5) is 27.6. The van der Waals surface area contributed by atoms with Gasteiger partial charge < -0.3 is 5.32 Å². The van der Waals surface area contributed by atoms with E-state index in [2.05, 4.69) is 5.32 Å². The quantitative estimate of drug-likeness (QED) is 0.757. The van der Waals surface area contributed by atoms with Crippen LogP contribution in [0.5, 0.6) is 0 Å². The predicted octanol–water partition coefficient (Wildman–Crippen LogP) is 3.71. The first-order valence-corrected chi connectivity index (χ1v) is 9.12. The molecule has 3 aromatic rings. The summed E-state index contributed by atoms with van der Waals surface area (Å²) in [6.45, 7) is 0.277. The summed E-state index contributed by atoms with van der Waals surface area (Å²) in [7, 11) is 0. The number of nitrogens with one attached hydrogen (secondary N) is 1. The number of amides is 2. The van der Waals surface area contributed by atoms with E-state index in [0.717, 1.165) is 16.8 Å². The first-order valence-electron chi connectivity index (χ1n) is 9.12. The maximum atomic E-state index is 13.1. The summed E-state index contributed by atoms with van der Waals surface area (Å²) in [5.74, 6) is -0.752. The van der Waals surface area contributed by atoms with E-state index >= 15 is 0 Å². The second-order valence-corrected chi connectivity index (χ2v) is 6.73. The maximum absolute atomic E-state index is 13.1. The number of hydrogen-bond acceptors (Lipinski definition) is 2. The van der Waals surface area contributed by atoms with Gasteiger partial charge in [-0.3, -0.25) is 14.5 Å². The third-order valence-corrected chi connectivity index (χ3v) is 4.90. The van der Waals surface area contributed by atoms with Gasteiger partial charge in [-0.05, 0) is 41.5 Å². The van der Waals surface area contributed by atoms with Crippen LogP contribution in [0.2, 0.25) is 0 Å². The topological polar surface area (TPSA) is 49.4 Å². The van der Waals surface area contributed by atoms with Crippen molar-refractivity contribution >= 4 is 17.5 Å². The molecule has 2 amide bonds. The number of rotatable bonds is 4. The monoisotopic (exact) mass is 374 g/mol. The molecule has 1 N–H and O–H groups in total. The van der Waals surface area contributed by atoms with Gasteiger partial charge >= 0.3 is 0 Å². The van der Waals surface area contributed by atoms with Gasteiger partial charge in [0, 0.05) is 24.2 Å². The Hall–Kier alpha value is -3.47.